The van der Waals surface area contributed by atoms with Gasteiger partial charge in [-0.25, -0.2) is 4.98 Å². The highest BCUT2D eigenvalue weighted by Crippen LogP contribution is 2.45. The topological polar surface area (TPSA) is 99.2 Å². The Kier molecular flexibility index (Phi) is 4.37. The van der Waals surface area contributed by atoms with Crippen LogP contribution >= 0.6 is 0 Å². The van der Waals surface area contributed by atoms with Crippen molar-refractivity contribution in [3.05, 3.63) is 11.6 Å². The van der Waals surface area contributed by atoms with Crippen LogP contribution in [0.5, 0.6) is 0 Å². The second-order valence-electron chi connectivity index (χ2n) is 6.99. The van der Waals surface area contributed by atoms with Crippen LogP contribution in [0, 0.1) is 18.3 Å². The van der Waals surface area contributed by atoms with Crippen molar-refractivity contribution in [3.63, 3.8) is 0 Å². The lowest BCUT2D eigenvalue weighted by atomic mass is 9.75. The average molecular weight is 320 g/mol. The Bertz CT molecular complexity index is 596. The number of carbonyl (C=O) groups excluding carboxylic acids is 1. The van der Waals surface area contributed by atoms with E-state index in [1.807, 2.05) is 6.92 Å². The zero-order chi connectivity index (χ0) is 16.4. The Labute approximate surface area is 135 Å². The predicted octanol–water partition coefficient (Wildman–Crippen LogP) is 1.54. The van der Waals surface area contributed by atoms with Crippen molar-refractivity contribution in [1.29, 1.82) is 0 Å². The highest BCUT2D eigenvalue weighted by atomic mass is 16.4. The van der Waals surface area contributed by atoms with Crippen LogP contribution in [0.1, 0.15) is 50.2 Å². The van der Waals surface area contributed by atoms with E-state index in [-0.39, 0.29) is 5.91 Å². The average Bonchev–Trinajstić information content (AvgIpc) is 3.24. The number of rotatable bonds is 6. The summed E-state index contributed by atoms with van der Waals surface area (Å²) >= 11 is 0. The quantitative estimate of drug-likeness (QED) is 0.828. The molecular weight excluding hydrogens is 296 g/mol. The molecule has 7 heteroatoms. The lowest BCUT2D eigenvalue weighted by molar-refractivity contribution is -0.156. The molecule has 0 radical (unpaired) electrons. The molecule has 1 atom stereocenters. The first-order chi connectivity index (χ1) is 11.0. The fourth-order valence-electron chi connectivity index (χ4n) is 3.53. The number of aromatic amines is 1. The Morgan fingerprint density at radius 1 is 1.43 bits per heavy atom. The van der Waals surface area contributed by atoms with Gasteiger partial charge in [-0.2, -0.15) is 5.10 Å². The monoisotopic (exact) mass is 320 g/mol. The van der Waals surface area contributed by atoms with E-state index < -0.39 is 11.4 Å². The number of hydrogen-bond acceptors (Lipinski definition) is 4. The van der Waals surface area contributed by atoms with Crippen molar-refractivity contribution >= 4 is 11.9 Å². The third-order valence-corrected chi connectivity index (χ3v) is 4.97. The number of amides is 1. The molecule has 1 aromatic heterocycles. The van der Waals surface area contributed by atoms with Crippen molar-refractivity contribution in [3.8, 4) is 0 Å². The largest absolute Gasteiger partial charge is 0.481 e. The zero-order valence-electron chi connectivity index (χ0n) is 13.5. The highest BCUT2D eigenvalue weighted by molar-refractivity contribution is 5.80. The van der Waals surface area contributed by atoms with E-state index in [0.29, 0.717) is 50.5 Å². The van der Waals surface area contributed by atoms with Gasteiger partial charge in [-0.1, -0.05) is 12.8 Å². The Morgan fingerprint density at radius 3 is 2.83 bits per heavy atom. The molecule has 0 bridgehead atoms. The van der Waals surface area contributed by atoms with Gasteiger partial charge in [-0.15, -0.1) is 0 Å². The van der Waals surface area contributed by atoms with Gasteiger partial charge in [0.2, 0.25) is 5.91 Å². The summed E-state index contributed by atoms with van der Waals surface area (Å²) < 4.78 is 0. The fourth-order valence-corrected chi connectivity index (χ4v) is 3.53. The first-order valence-corrected chi connectivity index (χ1v) is 8.37. The molecule has 2 aliphatic rings. The van der Waals surface area contributed by atoms with Crippen LogP contribution in [0.3, 0.4) is 0 Å². The molecule has 2 N–H and O–H groups in total. The molecule has 1 aliphatic carbocycles. The summed E-state index contributed by atoms with van der Waals surface area (Å²) in [7, 11) is 0. The van der Waals surface area contributed by atoms with Gasteiger partial charge >= 0.3 is 5.97 Å². The summed E-state index contributed by atoms with van der Waals surface area (Å²) in [6.07, 6.45) is 5.25. The van der Waals surface area contributed by atoms with Gasteiger partial charge in [0.05, 0.1) is 5.41 Å². The lowest BCUT2D eigenvalue weighted by Gasteiger charge is -2.40. The van der Waals surface area contributed by atoms with E-state index in [2.05, 4.69) is 15.2 Å². The Hall–Kier alpha value is -1.92. The van der Waals surface area contributed by atoms with Crippen LogP contribution in [0.2, 0.25) is 0 Å². The molecule has 1 saturated heterocycles. The van der Waals surface area contributed by atoms with Gasteiger partial charge in [-0.05, 0) is 32.1 Å². The van der Waals surface area contributed by atoms with Crippen LogP contribution in [-0.2, 0) is 16.0 Å². The summed E-state index contributed by atoms with van der Waals surface area (Å²) in [5, 5.41) is 16.5. The lowest BCUT2D eigenvalue weighted by Crippen LogP contribution is -2.50. The van der Waals surface area contributed by atoms with Crippen LogP contribution in [0.25, 0.3) is 0 Å². The first-order valence-electron chi connectivity index (χ1n) is 8.37. The van der Waals surface area contributed by atoms with Gasteiger partial charge < -0.3 is 10.0 Å². The van der Waals surface area contributed by atoms with Gasteiger partial charge in [-0.3, -0.25) is 14.7 Å². The number of nitrogens with zero attached hydrogens (tertiary/aromatic N) is 3. The van der Waals surface area contributed by atoms with E-state index in [1.54, 1.807) is 4.90 Å². The molecule has 23 heavy (non-hydrogen) atoms. The Balaban J connectivity index is 1.60. The summed E-state index contributed by atoms with van der Waals surface area (Å²) in [6, 6.07) is 0. The van der Waals surface area contributed by atoms with Crippen LogP contribution in [0.4, 0.5) is 0 Å². The molecular formula is C16H24N4O3. The summed E-state index contributed by atoms with van der Waals surface area (Å²) in [5.74, 6) is 1.17. The van der Waals surface area contributed by atoms with Crippen LogP contribution < -0.4 is 0 Å². The summed E-state index contributed by atoms with van der Waals surface area (Å²) in [5.41, 5.74) is -0.740. The number of likely N-dealkylation sites (tertiary alicyclic amines) is 1. The minimum atomic E-state index is -0.744. The van der Waals surface area contributed by atoms with E-state index in [9.17, 15) is 14.7 Å². The molecule has 1 amide bonds. The molecule has 126 valence electrons. The number of aryl methyl sites for hydroxylation is 2. The summed E-state index contributed by atoms with van der Waals surface area (Å²) in [6.45, 7) is 2.83. The predicted molar refractivity (Wildman–Crippen MR) is 82.7 cm³/mol. The van der Waals surface area contributed by atoms with Gasteiger partial charge in [0, 0.05) is 25.9 Å². The number of carbonyl (C=O) groups is 2. The molecule has 1 saturated carbocycles. The zero-order valence-corrected chi connectivity index (χ0v) is 13.5. The molecule has 0 spiro atoms. The minimum absolute atomic E-state index is 0.00794. The third kappa shape index (κ3) is 3.71. The smallest absolute Gasteiger partial charge is 0.311 e. The van der Waals surface area contributed by atoms with Gasteiger partial charge in [0.1, 0.15) is 5.82 Å². The van der Waals surface area contributed by atoms with E-state index >= 15 is 0 Å². The third-order valence-electron chi connectivity index (χ3n) is 4.97. The van der Waals surface area contributed by atoms with E-state index in [4.69, 9.17) is 0 Å². The number of carboxylic acids is 1. The number of piperidine rings is 1. The van der Waals surface area contributed by atoms with Crippen molar-refractivity contribution in [2.75, 3.05) is 13.1 Å². The Morgan fingerprint density at radius 2 is 2.22 bits per heavy atom. The first kappa shape index (κ1) is 16.0. The van der Waals surface area contributed by atoms with Gasteiger partial charge in [0.25, 0.3) is 0 Å². The molecule has 2 heterocycles. The molecule has 7 nitrogen and oxygen atoms in total. The van der Waals surface area contributed by atoms with E-state index in [1.165, 1.54) is 0 Å². The number of aromatic nitrogens is 3. The number of carboxylic acid groups (broad SMARTS) is 1. The maximum atomic E-state index is 12.5. The minimum Gasteiger partial charge on any atom is -0.481 e. The van der Waals surface area contributed by atoms with E-state index in [0.717, 1.165) is 25.1 Å². The molecule has 1 aromatic rings. The molecule has 1 aliphatic heterocycles. The fraction of sp³-hybridized carbons (Fsp3) is 0.750. The second kappa shape index (κ2) is 6.29. The van der Waals surface area contributed by atoms with Crippen molar-refractivity contribution in [1.82, 2.24) is 20.1 Å². The van der Waals surface area contributed by atoms with Crippen molar-refractivity contribution in [2.45, 2.75) is 51.9 Å². The molecule has 2 fully saturated rings. The molecule has 3 rings (SSSR count). The van der Waals surface area contributed by atoms with Crippen molar-refractivity contribution < 1.29 is 14.7 Å². The van der Waals surface area contributed by atoms with Gasteiger partial charge in [0.15, 0.2) is 5.82 Å². The maximum Gasteiger partial charge on any atom is 0.311 e. The SMILES string of the molecule is Cc1nc(CCC(=O)N2CCCC(CC3CC3)(C(=O)O)C2)n[nH]1. The number of nitrogens with one attached hydrogen (secondary N) is 1. The number of H-pyrrole nitrogens is 1. The molecule has 1 unspecified atom stereocenters. The van der Waals surface area contributed by atoms with Crippen LogP contribution in [-0.4, -0.2) is 50.2 Å². The highest BCUT2D eigenvalue weighted by Gasteiger charge is 2.46. The van der Waals surface area contributed by atoms with Crippen LogP contribution in [0.15, 0.2) is 0 Å². The summed E-state index contributed by atoms with van der Waals surface area (Å²) in [4.78, 5) is 30.2. The molecule has 0 aromatic carbocycles. The van der Waals surface area contributed by atoms with Crippen molar-refractivity contribution in [2.24, 2.45) is 11.3 Å². The second-order valence-corrected chi connectivity index (χ2v) is 6.99. The number of hydrogen-bond donors (Lipinski definition) is 2. The maximum absolute atomic E-state index is 12.5. The number of aliphatic carboxylic acids is 1. The standard InChI is InChI=1S/C16H24N4O3/c1-11-17-13(19-18-11)5-6-14(21)20-8-2-7-16(10-20,15(22)23)9-12-3-4-12/h12H,2-10H2,1H3,(H,22,23)(H,17,18,19). The normalized spacial score (nSPS) is 24.7.